The first-order valence-corrected chi connectivity index (χ1v) is 7.70. The molecule has 8 heteroatoms. The number of methoxy groups -OCH3 is 2. The molecule has 2 aromatic carbocycles. The minimum Gasteiger partial charge on any atom is -0.504 e. The van der Waals surface area contributed by atoms with Crippen LogP contribution in [0.5, 0.6) is 23.0 Å². The standard InChI is InChI=1S/C17H13FO6S/c1-21-10-5-3-9(4-6-10)12-7-11(19)15-13(23-12)8-14(22-2)17(16(15)20)24-25-18/h3-8,20H,1-2H3. The number of rotatable bonds is 5. The highest BCUT2D eigenvalue weighted by Gasteiger charge is 2.20. The first kappa shape index (κ1) is 17.0. The van der Waals surface area contributed by atoms with Crippen LogP contribution in [-0.4, -0.2) is 19.3 Å². The molecule has 0 saturated carbocycles. The molecule has 0 amide bonds. The highest BCUT2D eigenvalue weighted by atomic mass is 32.2. The van der Waals surface area contributed by atoms with Crippen LogP contribution in [0.1, 0.15) is 0 Å². The van der Waals surface area contributed by atoms with Crippen LogP contribution in [-0.2, 0) is 0 Å². The van der Waals surface area contributed by atoms with E-state index in [1.807, 2.05) is 0 Å². The van der Waals surface area contributed by atoms with Gasteiger partial charge in [-0.15, -0.1) is 3.89 Å². The van der Waals surface area contributed by atoms with Crippen molar-refractivity contribution in [1.82, 2.24) is 0 Å². The molecule has 0 atom stereocenters. The molecule has 0 fully saturated rings. The van der Waals surface area contributed by atoms with Crippen LogP contribution in [0, 0.1) is 0 Å². The lowest BCUT2D eigenvalue weighted by molar-refractivity contribution is 0.383. The smallest absolute Gasteiger partial charge is 0.272 e. The van der Waals surface area contributed by atoms with E-state index in [-0.39, 0.29) is 22.5 Å². The van der Waals surface area contributed by atoms with Crippen molar-refractivity contribution in [3.05, 3.63) is 46.6 Å². The van der Waals surface area contributed by atoms with Gasteiger partial charge in [0, 0.05) is 17.7 Å². The number of fused-ring (bicyclic) bond motifs is 1. The molecule has 1 heterocycles. The third-order valence-electron chi connectivity index (χ3n) is 3.62. The lowest BCUT2D eigenvalue weighted by Gasteiger charge is -2.11. The Labute approximate surface area is 146 Å². The average Bonchev–Trinajstić information content (AvgIpc) is 2.63. The van der Waals surface area contributed by atoms with Gasteiger partial charge in [0.1, 0.15) is 22.5 Å². The van der Waals surface area contributed by atoms with E-state index in [4.69, 9.17) is 13.9 Å². The zero-order valence-corrected chi connectivity index (χ0v) is 14.1. The van der Waals surface area contributed by atoms with Crippen molar-refractivity contribution < 1.29 is 27.1 Å². The highest BCUT2D eigenvalue weighted by molar-refractivity contribution is 7.89. The maximum atomic E-state index is 12.4. The molecule has 0 aliphatic heterocycles. The average molecular weight is 364 g/mol. The van der Waals surface area contributed by atoms with Gasteiger partial charge in [0.15, 0.2) is 16.9 Å². The number of halogens is 1. The Kier molecular flexibility index (Phi) is 4.71. The van der Waals surface area contributed by atoms with Crippen LogP contribution in [0.4, 0.5) is 3.89 Å². The summed E-state index contributed by atoms with van der Waals surface area (Å²) in [5, 5.41) is 10.1. The Morgan fingerprint density at radius 1 is 1.12 bits per heavy atom. The lowest BCUT2D eigenvalue weighted by atomic mass is 10.1. The zero-order valence-electron chi connectivity index (χ0n) is 13.2. The highest BCUT2D eigenvalue weighted by Crippen LogP contribution is 2.43. The summed E-state index contributed by atoms with van der Waals surface area (Å²) in [5.41, 5.74) is 0.239. The molecular weight excluding hydrogens is 351 g/mol. The summed E-state index contributed by atoms with van der Waals surface area (Å²) >= 11 is -0.468. The van der Waals surface area contributed by atoms with Crippen LogP contribution in [0.2, 0.25) is 0 Å². The number of benzene rings is 2. The molecule has 0 unspecified atom stereocenters. The van der Waals surface area contributed by atoms with E-state index in [0.717, 1.165) is 0 Å². The Hall–Kier alpha value is -2.87. The van der Waals surface area contributed by atoms with Gasteiger partial charge in [-0.05, 0) is 24.3 Å². The summed E-state index contributed by atoms with van der Waals surface area (Å²) in [6.07, 6.45) is 0. The maximum Gasteiger partial charge on any atom is 0.272 e. The summed E-state index contributed by atoms with van der Waals surface area (Å²) in [6, 6.07) is 9.52. The molecule has 0 spiro atoms. The second-order valence-corrected chi connectivity index (χ2v) is 5.27. The molecule has 6 nitrogen and oxygen atoms in total. The van der Waals surface area contributed by atoms with Gasteiger partial charge in [-0.3, -0.25) is 4.79 Å². The second kappa shape index (κ2) is 6.94. The molecule has 3 aromatic rings. The molecular formula is C17H13FO6S. The van der Waals surface area contributed by atoms with Gasteiger partial charge in [-0.1, -0.05) is 0 Å². The van der Waals surface area contributed by atoms with Crippen LogP contribution >= 0.6 is 12.4 Å². The fourth-order valence-electron chi connectivity index (χ4n) is 2.42. The van der Waals surface area contributed by atoms with Crippen molar-refractivity contribution in [3.63, 3.8) is 0 Å². The van der Waals surface area contributed by atoms with E-state index in [1.165, 1.54) is 19.2 Å². The van der Waals surface area contributed by atoms with E-state index >= 15 is 0 Å². The predicted molar refractivity (Wildman–Crippen MR) is 92.0 cm³/mol. The van der Waals surface area contributed by atoms with E-state index < -0.39 is 23.6 Å². The van der Waals surface area contributed by atoms with Crippen molar-refractivity contribution in [2.45, 2.75) is 0 Å². The normalized spacial score (nSPS) is 10.7. The molecule has 1 aromatic heterocycles. The molecule has 0 radical (unpaired) electrons. The monoisotopic (exact) mass is 364 g/mol. The number of ether oxygens (including phenoxy) is 2. The van der Waals surface area contributed by atoms with Crippen molar-refractivity contribution >= 4 is 23.4 Å². The molecule has 0 bridgehead atoms. The third kappa shape index (κ3) is 3.08. The number of phenols is 1. The van der Waals surface area contributed by atoms with Gasteiger partial charge in [0.25, 0.3) is 12.4 Å². The number of aromatic hydroxyl groups is 1. The zero-order chi connectivity index (χ0) is 18.0. The van der Waals surface area contributed by atoms with Crippen molar-refractivity contribution in [1.29, 1.82) is 0 Å². The number of hydrogen-bond acceptors (Lipinski definition) is 7. The fourth-order valence-corrected chi connectivity index (χ4v) is 2.65. The fraction of sp³-hybridized carbons (Fsp3) is 0.118. The van der Waals surface area contributed by atoms with Crippen molar-refractivity contribution in [3.8, 4) is 34.3 Å². The molecule has 1 N–H and O–H groups in total. The van der Waals surface area contributed by atoms with Crippen LogP contribution < -0.4 is 19.1 Å². The first-order valence-electron chi connectivity index (χ1n) is 7.06. The minimum absolute atomic E-state index is 0.0326. The second-order valence-electron chi connectivity index (χ2n) is 4.98. The molecule has 3 rings (SSSR count). The van der Waals surface area contributed by atoms with Crippen LogP contribution in [0.25, 0.3) is 22.3 Å². The Bertz CT molecular complexity index is 968. The van der Waals surface area contributed by atoms with E-state index in [9.17, 15) is 13.8 Å². The van der Waals surface area contributed by atoms with Gasteiger partial charge in [0.05, 0.1) is 14.2 Å². The molecule has 25 heavy (non-hydrogen) atoms. The molecule has 0 saturated heterocycles. The molecule has 130 valence electrons. The summed E-state index contributed by atoms with van der Waals surface area (Å²) in [7, 11) is 2.87. The summed E-state index contributed by atoms with van der Waals surface area (Å²) < 4.78 is 33.0. The van der Waals surface area contributed by atoms with Crippen LogP contribution in [0.3, 0.4) is 0 Å². The first-order chi connectivity index (χ1) is 12.1. The largest absolute Gasteiger partial charge is 0.504 e. The summed E-state index contributed by atoms with van der Waals surface area (Å²) in [4.78, 5) is 12.4. The summed E-state index contributed by atoms with van der Waals surface area (Å²) in [6.45, 7) is 0. The number of hydrogen-bond donors (Lipinski definition) is 1. The lowest BCUT2D eigenvalue weighted by Crippen LogP contribution is -2.02. The SMILES string of the molecule is COc1ccc(-c2cc(=O)c3c(O)c(OSF)c(OC)cc3o2)cc1. The Morgan fingerprint density at radius 2 is 1.84 bits per heavy atom. The topological polar surface area (TPSA) is 78.1 Å². The van der Waals surface area contributed by atoms with Crippen molar-refractivity contribution in [2.75, 3.05) is 14.2 Å². The van der Waals surface area contributed by atoms with E-state index in [1.54, 1.807) is 31.4 Å². The van der Waals surface area contributed by atoms with Gasteiger partial charge >= 0.3 is 0 Å². The minimum atomic E-state index is -0.547. The van der Waals surface area contributed by atoms with E-state index in [0.29, 0.717) is 17.1 Å². The van der Waals surface area contributed by atoms with Gasteiger partial charge in [0.2, 0.25) is 5.75 Å². The van der Waals surface area contributed by atoms with Gasteiger partial charge < -0.3 is 23.2 Å². The predicted octanol–water partition coefficient (Wildman–Crippen LogP) is 4.09. The maximum absolute atomic E-state index is 12.4. The summed E-state index contributed by atoms with van der Waals surface area (Å²) in [5.74, 6) is 0.165. The quantitative estimate of drug-likeness (QED) is 0.683. The van der Waals surface area contributed by atoms with E-state index in [2.05, 4.69) is 4.18 Å². The van der Waals surface area contributed by atoms with Gasteiger partial charge in [-0.25, -0.2) is 0 Å². The molecule has 0 aliphatic rings. The Balaban J connectivity index is 2.21. The Morgan fingerprint density at radius 3 is 2.44 bits per heavy atom. The number of phenolic OH excluding ortho intramolecular Hbond substituents is 1. The van der Waals surface area contributed by atoms with Crippen LogP contribution in [0.15, 0.2) is 45.6 Å². The van der Waals surface area contributed by atoms with Crippen molar-refractivity contribution in [2.24, 2.45) is 0 Å². The van der Waals surface area contributed by atoms with Gasteiger partial charge in [-0.2, -0.15) is 0 Å². The third-order valence-corrected chi connectivity index (χ3v) is 3.85. The molecule has 0 aliphatic carbocycles.